The highest BCUT2D eigenvalue weighted by atomic mass is 16.5. The SMILES string of the molecule is C=CCOc1ccc(C(=O)NNC(=O)c2cccc(OCCC(C)C)c2)cc1. The number of carbonyl (C=O) groups excluding carboxylic acids is 2. The number of carbonyl (C=O) groups is 2. The summed E-state index contributed by atoms with van der Waals surface area (Å²) in [7, 11) is 0. The molecule has 0 radical (unpaired) electrons. The zero-order valence-corrected chi connectivity index (χ0v) is 16.2. The third-order valence-electron chi connectivity index (χ3n) is 3.83. The highest BCUT2D eigenvalue weighted by Crippen LogP contribution is 2.15. The summed E-state index contributed by atoms with van der Waals surface area (Å²) >= 11 is 0. The molecular weight excluding hydrogens is 356 g/mol. The van der Waals surface area contributed by atoms with E-state index in [4.69, 9.17) is 9.47 Å². The normalized spacial score (nSPS) is 10.2. The fourth-order valence-corrected chi connectivity index (χ4v) is 2.26. The van der Waals surface area contributed by atoms with Gasteiger partial charge in [-0.15, -0.1) is 0 Å². The molecule has 6 heteroatoms. The van der Waals surface area contributed by atoms with Crippen molar-refractivity contribution >= 4 is 11.8 Å². The quantitative estimate of drug-likeness (QED) is 0.511. The van der Waals surface area contributed by atoms with Crippen molar-refractivity contribution in [2.24, 2.45) is 5.92 Å². The Bertz CT molecular complexity index is 800. The Balaban J connectivity index is 1.87. The molecule has 2 N–H and O–H groups in total. The van der Waals surface area contributed by atoms with Gasteiger partial charge in [-0.25, -0.2) is 0 Å². The molecule has 0 aromatic heterocycles. The summed E-state index contributed by atoms with van der Waals surface area (Å²) in [6.07, 6.45) is 2.57. The van der Waals surface area contributed by atoms with Crippen LogP contribution in [0.4, 0.5) is 0 Å². The van der Waals surface area contributed by atoms with E-state index < -0.39 is 11.8 Å². The first kappa shape index (κ1) is 21.0. The van der Waals surface area contributed by atoms with E-state index in [-0.39, 0.29) is 0 Å². The molecule has 2 rings (SSSR count). The smallest absolute Gasteiger partial charge is 0.269 e. The molecule has 148 valence electrons. The van der Waals surface area contributed by atoms with Crippen LogP contribution in [0.2, 0.25) is 0 Å². The summed E-state index contributed by atoms with van der Waals surface area (Å²) < 4.78 is 11.0. The predicted octanol–water partition coefficient (Wildman–Crippen LogP) is 3.75. The number of rotatable bonds is 9. The van der Waals surface area contributed by atoms with Crippen LogP contribution in [0.15, 0.2) is 61.2 Å². The Morgan fingerprint density at radius 1 is 0.964 bits per heavy atom. The van der Waals surface area contributed by atoms with Gasteiger partial charge >= 0.3 is 0 Å². The van der Waals surface area contributed by atoms with Crippen LogP contribution in [0, 0.1) is 5.92 Å². The Labute approximate surface area is 165 Å². The van der Waals surface area contributed by atoms with Crippen molar-refractivity contribution in [3.8, 4) is 11.5 Å². The Morgan fingerprint density at radius 3 is 2.29 bits per heavy atom. The second-order valence-electron chi connectivity index (χ2n) is 6.59. The number of hydrogen-bond acceptors (Lipinski definition) is 4. The average Bonchev–Trinajstić information content (AvgIpc) is 2.70. The van der Waals surface area contributed by atoms with Crippen molar-refractivity contribution in [1.82, 2.24) is 10.9 Å². The second-order valence-corrected chi connectivity index (χ2v) is 6.59. The molecule has 0 unspecified atom stereocenters. The maximum atomic E-state index is 12.3. The van der Waals surface area contributed by atoms with E-state index in [1.807, 2.05) is 0 Å². The molecule has 0 saturated carbocycles. The van der Waals surface area contributed by atoms with Crippen LogP contribution in [0.1, 0.15) is 41.0 Å². The lowest BCUT2D eigenvalue weighted by Gasteiger charge is -2.11. The van der Waals surface area contributed by atoms with Crippen LogP contribution in [0.5, 0.6) is 11.5 Å². The molecule has 2 aromatic rings. The molecule has 0 saturated heterocycles. The van der Waals surface area contributed by atoms with E-state index in [9.17, 15) is 9.59 Å². The molecule has 0 aliphatic rings. The van der Waals surface area contributed by atoms with E-state index >= 15 is 0 Å². The van der Waals surface area contributed by atoms with Gasteiger partial charge in [0.15, 0.2) is 0 Å². The van der Waals surface area contributed by atoms with Gasteiger partial charge < -0.3 is 9.47 Å². The topological polar surface area (TPSA) is 76.7 Å². The van der Waals surface area contributed by atoms with Gasteiger partial charge in [-0.3, -0.25) is 20.4 Å². The largest absolute Gasteiger partial charge is 0.494 e. The zero-order valence-electron chi connectivity index (χ0n) is 16.2. The van der Waals surface area contributed by atoms with E-state index in [0.717, 1.165) is 6.42 Å². The van der Waals surface area contributed by atoms with Gasteiger partial charge in [-0.2, -0.15) is 0 Å². The highest BCUT2D eigenvalue weighted by molar-refractivity contribution is 5.99. The predicted molar refractivity (Wildman–Crippen MR) is 108 cm³/mol. The van der Waals surface area contributed by atoms with E-state index in [1.165, 1.54) is 0 Å². The summed E-state index contributed by atoms with van der Waals surface area (Å²) in [6.45, 7) is 8.80. The summed E-state index contributed by atoms with van der Waals surface area (Å²) in [6, 6.07) is 13.4. The van der Waals surface area contributed by atoms with Crippen molar-refractivity contribution in [1.29, 1.82) is 0 Å². The van der Waals surface area contributed by atoms with Gasteiger partial charge in [0.2, 0.25) is 0 Å². The number of hydrazine groups is 1. The van der Waals surface area contributed by atoms with Crippen LogP contribution >= 0.6 is 0 Å². The lowest BCUT2D eigenvalue weighted by atomic mass is 10.1. The standard InChI is InChI=1S/C22H26N2O4/c1-4-13-27-19-10-8-17(9-11-19)21(25)23-24-22(26)18-6-5-7-20(15-18)28-14-12-16(2)3/h4-11,15-16H,1,12-14H2,2-3H3,(H,23,25)(H,24,26). The van der Waals surface area contributed by atoms with Crippen molar-refractivity contribution in [3.05, 3.63) is 72.3 Å². The molecule has 0 spiro atoms. The van der Waals surface area contributed by atoms with E-state index in [1.54, 1.807) is 54.6 Å². The molecule has 0 atom stereocenters. The number of amides is 2. The first-order valence-corrected chi connectivity index (χ1v) is 9.17. The minimum Gasteiger partial charge on any atom is -0.494 e. The number of hydrogen-bond donors (Lipinski definition) is 2. The third kappa shape index (κ3) is 6.79. The number of nitrogens with one attached hydrogen (secondary N) is 2. The molecule has 2 aromatic carbocycles. The van der Waals surface area contributed by atoms with Crippen LogP contribution < -0.4 is 20.3 Å². The average molecular weight is 382 g/mol. The van der Waals surface area contributed by atoms with Gasteiger partial charge in [0, 0.05) is 11.1 Å². The van der Waals surface area contributed by atoms with Gasteiger partial charge in [0.25, 0.3) is 11.8 Å². The molecular formula is C22H26N2O4. The van der Waals surface area contributed by atoms with Gasteiger partial charge in [-0.1, -0.05) is 32.6 Å². The molecule has 0 bridgehead atoms. The lowest BCUT2D eigenvalue weighted by molar-refractivity contribution is 0.0846. The van der Waals surface area contributed by atoms with E-state index in [0.29, 0.717) is 41.8 Å². The van der Waals surface area contributed by atoms with Crippen molar-refractivity contribution < 1.29 is 19.1 Å². The monoisotopic (exact) mass is 382 g/mol. The summed E-state index contributed by atoms with van der Waals surface area (Å²) in [5, 5.41) is 0. The van der Waals surface area contributed by atoms with Gasteiger partial charge in [0.05, 0.1) is 6.61 Å². The van der Waals surface area contributed by atoms with E-state index in [2.05, 4.69) is 31.3 Å². The maximum absolute atomic E-state index is 12.3. The van der Waals surface area contributed by atoms with Gasteiger partial charge in [-0.05, 0) is 54.8 Å². The minimum atomic E-state index is -0.423. The van der Waals surface area contributed by atoms with Crippen LogP contribution in [-0.4, -0.2) is 25.0 Å². The molecule has 0 aliphatic heterocycles. The fraction of sp³-hybridized carbons (Fsp3) is 0.273. The summed E-state index contributed by atoms with van der Waals surface area (Å²) in [4.78, 5) is 24.4. The highest BCUT2D eigenvalue weighted by Gasteiger charge is 2.10. The van der Waals surface area contributed by atoms with Crippen LogP contribution in [0.3, 0.4) is 0 Å². The fourth-order valence-electron chi connectivity index (χ4n) is 2.26. The molecule has 2 amide bonds. The first-order valence-electron chi connectivity index (χ1n) is 9.17. The molecule has 0 fully saturated rings. The van der Waals surface area contributed by atoms with Crippen LogP contribution in [0.25, 0.3) is 0 Å². The Kier molecular flexibility index (Phi) is 8.09. The number of ether oxygens (including phenoxy) is 2. The Hall–Kier alpha value is -3.28. The first-order chi connectivity index (χ1) is 13.5. The minimum absolute atomic E-state index is 0.391. The van der Waals surface area contributed by atoms with Crippen molar-refractivity contribution in [3.63, 3.8) is 0 Å². The Morgan fingerprint density at radius 2 is 1.64 bits per heavy atom. The van der Waals surface area contributed by atoms with Crippen molar-refractivity contribution in [2.75, 3.05) is 13.2 Å². The molecule has 28 heavy (non-hydrogen) atoms. The number of benzene rings is 2. The maximum Gasteiger partial charge on any atom is 0.269 e. The van der Waals surface area contributed by atoms with Gasteiger partial charge in [0.1, 0.15) is 18.1 Å². The zero-order chi connectivity index (χ0) is 20.4. The third-order valence-corrected chi connectivity index (χ3v) is 3.83. The second kappa shape index (κ2) is 10.8. The molecule has 0 aliphatic carbocycles. The molecule has 6 nitrogen and oxygen atoms in total. The van der Waals surface area contributed by atoms with Crippen molar-refractivity contribution in [2.45, 2.75) is 20.3 Å². The summed E-state index contributed by atoms with van der Waals surface area (Å²) in [5.74, 6) is 0.954. The summed E-state index contributed by atoms with van der Waals surface area (Å²) in [5.41, 5.74) is 5.61. The van der Waals surface area contributed by atoms with Crippen LogP contribution in [-0.2, 0) is 0 Å². The lowest BCUT2D eigenvalue weighted by Crippen LogP contribution is -2.41. The molecule has 0 heterocycles.